The molecule has 0 aliphatic carbocycles. The van der Waals surface area contributed by atoms with Crippen LogP contribution in [0.3, 0.4) is 0 Å². The second-order valence-corrected chi connectivity index (χ2v) is 6.10. The number of anilines is 1. The number of nitrogens with one attached hydrogen (secondary N) is 1. The molecule has 7 heteroatoms. The van der Waals surface area contributed by atoms with Gasteiger partial charge in [-0.2, -0.15) is 0 Å². The Labute approximate surface area is 109 Å². The van der Waals surface area contributed by atoms with E-state index in [-0.39, 0.29) is 15.6 Å². The first-order valence-corrected chi connectivity index (χ1v) is 7.38. The number of nitrogens with two attached hydrogens (primary N) is 1. The molecule has 1 rings (SSSR count). The van der Waals surface area contributed by atoms with E-state index in [4.69, 9.17) is 5.14 Å². The van der Waals surface area contributed by atoms with Crippen LogP contribution < -0.4 is 10.5 Å². The molecule has 5 nitrogen and oxygen atoms in total. The third kappa shape index (κ3) is 4.10. The van der Waals surface area contributed by atoms with Crippen molar-refractivity contribution in [3.8, 4) is 0 Å². The summed E-state index contributed by atoms with van der Waals surface area (Å²) in [7, 11) is -3.69. The monoisotopic (exact) mass is 320 g/mol. The molecule has 0 unspecified atom stereocenters. The van der Waals surface area contributed by atoms with E-state index >= 15 is 0 Å². The molecule has 1 aromatic carbocycles. The van der Waals surface area contributed by atoms with E-state index in [1.807, 2.05) is 6.92 Å². The fourth-order valence-electron chi connectivity index (χ4n) is 1.13. The van der Waals surface area contributed by atoms with Gasteiger partial charge >= 0.3 is 0 Å². The van der Waals surface area contributed by atoms with Gasteiger partial charge in [-0.3, -0.25) is 4.79 Å². The Balaban J connectivity index is 2.79. The summed E-state index contributed by atoms with van der Waals surface area (Å²) in [5.74, 6) is -0.171. The number of benzene rings is 1. The number of carbonyl (C=O) groups excluding carboxylic acids is 1. The Hall–Kier alpha value is -0.920. The van der Waals surface area contributed by atoms with Crippen LogP contribution in [0.2, 0.25) is 0 Å². The lowest BCUT2D eigenvalue weighted by atomic mass is 10.3. The molecule has 0 heterocycles. The standard InChI is InChI=1S/C10H13BrN2O3S/c1-2-9(11)10(14)13-7-3-5-8(6-4-7)17(12,15)16/h3-6,9H,2H2,1H3,(H,13,14)(H2,12,15,16)/t9-/m1/s1. The van der Waals surface area contributed by atoms with E-state index in [2.05, 4.69) is 21.2 Å². The highest BCUT2D eigenvalue weighted by atomic mass is 79.9. The summed E-state index contributed by atoms with van der Waals surface area (Å²) in [6, 6.07) is 5.68. The van der Waals surface area contributed by atoms with Crippen LogP contribution in [0, 0.1) is 0 Å². The predicted molar refractivity (Wildman–Crippen MR) is 69.5 cm³/mol. The fraction of sp³-hybridized carbons (Fsp3) is 0.300. The fourth-order valence-corrected chi connectivity index (χ4v) is 1.76. The molecule has 0 fully saturated rings. The van der Waals surface area contributed by atoms with Crippen LogP contribution >= 0.6 is 15.9 Å². The topological polar surface area (TPSA) is 89.3 Å². The molecule has 0 bridgehead atoms. The minimum atomic E-state index is -3.69. The molecule has 94 valence electrons. The zero-order chi connectivity index (χ0) is 13.1. The van der Waals surface area contributed by atoms with Gasteiger partial charge in [0.25, 0.3) is 0 Å². The number of amides is 1. The van der Waals surface area contributed by atoms with Crippen LogP contribution in [0.15, 0.2) is 29.2 Å². The largest absolute Gasteiger partial charge is 0.325 e. The Morgan fingerprint density at radius 2 is 1.94 bits per heavy atom. The molecule has 0 aliphatic heterocycles. The number of alkyl halides is 1. The van der Waals surface area contributed by atoms with Crippen molar-refractivity contribution < 1.29 is 13.2 Å². The molecule has 0 radical (unpaired) electrons. The molecule has 1 atom stereocenters. The number of hydrogen-bond donors (Lipinski definition) is 2. The van der Waals surface area contributed by atoms with Gasteiger partial charge in [0.15, 0.2) is 0 Å². The number of halogens is 1. The van der Waals surface area contributed by atoms with Gasteiger partial charge in [-0.25, -0.2) is 13.6 Å². The third-order valence-corrected chi connectivity index (χ3v) is 4.09. The highest BCUT2D eigenvalue weighted by molar-refractivity contribution is 9.10. The average molecular weight is 321 g/mol. The van der Waals surface area contributed by atoms with Gasteiger partial charge in [0, 0.05) is 5.69 Å². The molecular formula is C10H13BrN2O3S. The summed E-state index contributed by atoms with van der Waals surface area (Å²) in [5.41, 5.74) is 0.528. The quantitative estimate of drug-likeness (QED) is 0.823. The van der Waals surface area contributed by atoms with Gasteiger partial charge in [0.2, 0.25) is 15.9 Å². The number of sulfonamides is 1. The number of hydrogen-bond acceptors (Lipinski definition) is 3. The minimum Gasteiger partial charge on any atom is -0.325 e. The van der Waals surface area contributed by atoms with E-state index in [0.29, 0.717) is 12.1 Å². The summed E-state index contributed by atoms with van der Waals surface area (Å²) in [5, 5.41) is 7.61. The Morgan fingerprint density at radius 3 is 2.35 bits per heavy atom. The van der Waals surface area contributed by atoms with E-state index < -0.39 is 10.0 Å². The molecular weight excluding hydrogens is 308 g/mol. The Bertz CT molecular complexity index is 499. The maximum Gasteiger partial charge on any atom is 0.238 e. The molecule has 1 aromatic rings. The number of rotatable bonds is 4. The van der Waals surface area contributed by atoms with Crippen LogP contribution in [-0.2, 0) is 14.8 Å². The zero-order valence-corrected chi connectivity index (χ0v) is 11.6. The molecule has 0 aliphatic rings. The highest BCUT2D eigenvalue weighted by Crippen LogP contribution is 2.14. The van der Waals surface area contributed by atoms with Crippen molar-refractivity contribution in [2.75, 3.05) is 5.32 Å². The van der Waals surface area contributed by atoms with Gasteiger partial charge in [-0.15, -0.1) is 0 Å². The zero-order valence-electron chi connectivity index (χ0n) is 9.18. The van der Waals surface area contributed by atoms with Crippen molar-refractivity contribution in [3.05, 3.63) is 24.3 Å². The Morgan fingerprint density at radius 1 is 1.41 bits per heavy atom. The minimum absolute atomic E-state index is 0.0152. The molecule has 17 heavy (non-hydrogen) atoms. The second kappa shape index (κ2) is 5.61. The summed E-state index contributed by atoms with van der Waals surface area (Å²) in [4.78, 5) is 11.3. The van der Waals surface area contributed by atoms with Gasteiger partial charge in [0.1, 0.15) is 0 Å². The van der Waals surface area contributed by atoms with Crippen LogP contribution in [0.1, 0.15) is 13.3 Å². The van der Waals surface area contributed by atoms with E-state index in [1.54, 1.807) is 0 Å². The molecule has 3 N–H and O–H groups in total. The molecule has 0 aromatic heterocycles. The smallest absolute Gasteiger partial charge is 0.238 e. The summed E-state index contributed by atoms with van der Waals surface area (Å²) < 4.78 is 22.0. The first-order chi connectivity index (χ1) is 7.84. The molecule has 0 spiro atoms. The van der Waals surface area contributed by atoms with Crippen molar-refractivity contribution >= 4 is 37.5 Å². The van der Waals surface area contributed by atoms with Crippen molar-refractivity contribution in [2.45, 2.75) is 23.1 Å². The molecule has 1 amide bonds. The molecule has 0 saturated heterocycles. The summed E-state index contributed by atoms with van der Waals surface area (Å²) >= 11 is 3.22. The number of carbonyl (C=O) groups is 1. The lowest BCUT2D eigenvalue weighted by molar-refractivity contribution is -0.115. The maximum absolute atomic E-state index is 11.5. The van der Waals surface area contributed by atoms with Gasteiger partial charge in [0.05, 0.1) is 9.72 Å². The third-order valence-electron chi connectivity index (χ3n) is 2.09. The van der Waals surface area contributed by atoms with Crippen LogP contribution in [0.4, 0.5) is 5.69 Å². The number of primary sulfonamides is 1. The van der Waals surface area contributed by atoms with E-state index in [1.165, 1.54) is 24.3 Å². The van der Waals surface area contributed by atoms with Crippen molar-refractivity contribution in [1.82, 2.24) is 0 Å². The van der Waals surface area contributed by atoms with Crippen molar-refractivity contribution in [1.29, 1.82) is 0 Å². The predicted octanol–water partition coefficient (Wildman–Crippen LogP) is 1.45. The summed E-state index contributed by atoms with van der Waals surface area (Å²) in [6.07, 6.45) is 0.668. The van der Waals surface area contributed by atoms with Crippen LogP contribution in [0.25, 0.3) is 0 Å². The van der Waals surface area contributed by atoms with Gasteiger partial charge < -0.3 is 5.32 Å². The van der Waals surface area contributed by atoms with Gasteiger partial charge in [-0.1, -0.05) is 22.9 Å². The normalized spacial score (nSPS) is 13.1. The van der Waals surface area contributed by atoms with Crippen molar-refractivity contribution in [3.63, 3.8) is 0 Å². The SMILES string of the molecule is CC[C@@H](Br)C(=O)Nc1ccc(S(N)(=O)=O)cc1. The van der Waals surface area contributed by atoms with Crippen LogP contribution in [0.5, 0.6) is 0 Å². The lowest BCUT2D eigenvalue weighted by Crippen LogP contribution is -2.22. The average Bonchev–Trinajstić information content (AvgIpc) is 2.27. The van der Waals surface area contributed by atoms with E-state index in [9.17, 15) is 13.2 Å². The summed E-state index contributed by atoms with van der Waals surface area (Å²) in [6.45, 7) is 1.88. The van der Waals surface area contributed by atoms with Crippen molar-refractivity contribution in [2.24, 2.45) is 5.14 Å². The molecule has 0 saturated carbocycles. The highest BCUT2D eigenvalue weighted by Gasteiger charge is 2.13. The first kappa shape index (κ1) is 14.1. The Kier molecular flexibility index (Phi) is 4.67. The van der Waals surface area contributed by atoms with Crippen LogP contribution in [-0.4, -0.2) is 19.2 Å². The lowest BCUT2D eigenvalue weighted by Gasteiger charge is -2.08. The van der Waals surface area contributed by atoms with Gasteiger partial charge in [-0.05, 0) is 30.7 Å². The second-order valence-electron chi connectivity index (χ2n) is 3.43. The van der Waals surface area contributed by atoms with E-state index in [0.717, 1.165) is 0 Å². The maximum atomic E-state index is 11.5. The first-order valence-electron chi connectivity index (χ1n) is 4.92.